The van der Waals surface area contributed by atoms with Gasteiger partial charge in [0.05, 0.1) is 11.9 Å². The lowest BCUT2D eigenvalue weighted by molar-refractivity contribution is 0.0253. The van der Waals surface area contributed by atoms with E-state index in [2.05, 4.69) is 10.3 Å². The largest absolute Gasteiger partial charge is 0.444 e. The number of rotatable bonds is 3. The molecule has 0 saturated carbocycles. The van der Waals surface area contributed by atoms with Crippen molar-refractivity contribution in [1.29, 1.82) is 0 Å². The van der Waals surface area contributed by atoms with Crippen LogP contribution in [0.15, 0.2) is 24.5 Å². The van der Waals surface area contributed by atoms with Gasteiger partial charge in [0.2, 0.25) is 0 Å². The van der Waals surface area contributed by atoms with Gasteiger partial charge in [-0.2, -0.15) is 0 Å². The molecule has 2 heterocycles. The van der Waals surface area contributed by atoms with Crippen LogP contribution in [0.4, 0.5) is 15.3 Å². The molecule has 2 rings (SSSR count). The number of carbonyl (C=O) groups excluding carboxylic acids is 2. The number of anilines is 1. The summed E-state index contributed by atoms with van der Waals surface area (Å²) in [5.41, 5.74) is 0.175. The highest BCUT2D eigenvalue weighted by molar-refractivity contribution is 5.89. The van der Waals surface area contributed by atoms with Gasteiger partial charge in [0, 0.05) is 32.9 Å². The molecule has 1 aliphatic heterocycles. The first-order valence-corrected chi connectivity index (χ1v) is 8.64. The molecule has 0 spiro atoms. The number of nitrogens with one attached hydrogen (secondary N) is 1. The van der Waals surface area contributed by atoms with Crippen molar-refractivity contribution in [3.8, 4) is 0 Å². The summed E-state index contributed by atoms with van der Waals surface area (Å²) in [4.78, 5) is 31.9. The SMILES string of the molecule is CN(CC1CCCN(C(=O)Nc2cccnc2)C1)C(=O)OC(C)(C)C. The second-order valence-electron chi connectivity index (χ2n) is 7.49. The molecule has 0 bridgehead atoms. The molecule has 1 aromatic rings. The zero-order valence-corrected chi connectivity index (χ0v) is 15.5. The van der Waals surface area contributed by atoms with Crippen molar-refractivity contribution in [3.05, 3.63) is 24.5 Å². The van der Waals surface area contributed by atoms with Crippen molar-refractivity contribution in [2.75, 3.05) is 32.0 Å². The van der Waals surface area contributed by atoms with Crippen molar-refractivity contribution in [3.63, 3.8) is 0 Å². The fourth-order valence-corrected chi connectivity index (χ4v) is 2.84. The maximum Gasteiger partial charge on any atom is 0.410 e. The van der Waals surface area contributed by atoms with Gasteiger partial charge < -0.3 is 19.9 Å². The molecule has 3 amide bonds. The van der Waals surface area contributed by atoms with Crippen LogP contribution in [0.2, 0.25) is 0 Å². The molecule has 1 saturated heterocycles. The molecule has 138 valence electrons. The van der Waals surface area contributed by atoms with Gasteiger partial charge >= 0.3 is 12.1 Å². The Morgan fingerprint density at radius 2 is 2.20 bits per heavy atom. The highest BCUT2D eigenvalue weighted by Crippen LogP contribution is 2.19. The summed E-state index contributed by atoms with van der Waals surface area (Å²) < 4.78 is 5.38. The molecule has 0 aliphatic carbocycles. The van der Waals surface area contributed by atoms with Crippen molar-refractivity contribution < 1.29 is 14.3 Å². The number of carbonyl (C=O) groups is 2. The molecule has 1 aromatic heterocycles. The molecule has 1 fully saturated rings. The fraction of sp³-hybridized carbons (Fsp3) is 0.611. The topological polar surface area (TPSA) is 74.8 Å². The second kappa shape index (κ2) is 8.18. The molecule has 1 aliphatic rings. The first kappa shape index (κ1) is 19.0. The molecule has 7 heteroatoms. The summed E-state index contributed by atoms with van der Waals surface area (Å²) in [6.45, 7) is 7.47. The molecule has 1 N–H and O–H groups in total. The van der Waals surface area contributed by atoms with E-state index in [1.165, 1.54) is 0 Å². The van der Waals surface area contributed by atoms with E-state index in [0.717, 1.165) is 19.4 Å². The second-order valence-corrected chi connectivity index (χ2v) is 7.49. The van der Waals surface area contributed by atoms with Gasteiger partial charge in [-0.25, -0.2) is 9.59 Å². The number of urea groups is 1. The van der Waals surface area contributed by atoms with Crippen LogP contribution in [0.25, 0.3) is 0 Å². The van der Waals surface area contributed by atoms with E-state index in [1.807, 2.05) is 26.8 Å². The first-order chi connectivity index (χ1) is 11.7. The van der Waals surface area contributed by atoms with Crippen LogP contribution in [0.3, 0.4) is 0 Å². The van der Waals surface area contributed by atoms with Crippen LogP contribution in [-0.4, -0.2) is 59.2 Å². The Kier molecular flexibility index (Phi) is 6.22. The van der Waals surface area contributed by atoms with Crippen LogP contribution < -0.4 is 5.32 Å². The van der Waals surface area contributed by atoms with E-state index in [9.17, 15) is 9.59 Å². The van der Waals surface area contributed by atoms with Crippen molar-refractivity contribution in [2.24, 2.45) is 5.92 Å². The number of ether oxygens (including phenoxy) is 1. The van der Waals surface area contributed by atoms with Crippen molar-refractivity contribution in [1.82, 2.24) is 14.8 Å². The maximum atomic E-state index is 12.4. The summed E-state index contributed by atoms with van der Waals surface area (Å²) in [6.07, 6.45) is 4.87. The van der Waals surface area contributed by atoms with Crippen LogP contribution in [0.1, 0.15) is 33.6 Å². The third-order valence-corrected chi connectivity index (χ3v) is 3.96. The van der Waals surface area contributed by atoms with Crippen molar-refractivity contribution in [2.45, 2.75) is 39.2 Å². The lowest BCUT2D eigenvalue weighted by atomic mass is 9.98. The monoisotopic (exact) mass is 348 g/mol. The molecular weight excluding hydrogens is 320 g/mol. The number of likely N-dealkylation sites (tertiary alicyclic amines) is 1. The van der Waals surface area contributed by atoms with Crippen LogP contribution in [-0.2, 0) is 4.74 Å². The van der Waals surface area contributed by atoms with Gasteiger partial charge in [-0.1, -0.05) is 0 Å². The zero-order chi connectivity index (χ0) is 18.4. The van der Waals surface area contributed by atoms with E-state index in [4.69, 9.17) is 4.74 Å². The highest BCUT2D eigenvalue weighted by Gasteiger charge is 2.27. The van der Waals surface area contributed by atoms with E-state index in [1.54, 1.807) is 35.3 Å². The average Bonchev–Trinajstić information content (AvgIpc) is 2.54. The average molecular weight is 348 g/mol. The minimum atomic E-state index is -0.506. The van der Waals surface area contributed by atoms with Crippen LogP contribution in [0.5, 0.6) is 0 Å². The highest BCUT2D eigenvalue weighted by atomic mass is 16.6. The number of hydrogen-bond donors (Lipinski definition) is 1. The maximum absolute atomic E-state index is 12.4. The Balaban J connectivity index is 1.85. The zero-order valence-electron chi connectivity index (χ0n) is 15.5. The standard InChI is InChI=1S/C18H28N4O3/c1-18(2,3)25-17(24)21(4)12-14-7-6-10-22(13-14)16(23)20-15-8-5-9-19-11-15/h5,8-9,11,14H,6-7,10,12-13H2,1-4H3,(H,20,23). The smallest absolute Gasteiger partial charge is 0.410 e. The Morgan fingerprint density at radius 3 is 2.84 bits per heavy atom. The number of nitrogens with zero attached hydrogens (tertiary/aromatic N) is 3. The number of amides is 3. The Hall–Kier alpha value is -2.31. The van der Waals surface area contributed by atoms with E-state index >= 15 is 0 Å². The minimum absolute atomic E-state index is 0.127. The van der Waals surface area contributed by atoms with Gasteiger partial charge in [-0.15, -0.1) is 0 Å². The van der Waals surface area contributed by atoms with Gasteiger partial charge in [-0.3, -0.25) is 4.98 Å². The lowest BCUT2D eigenvalue weighted by Gasteiger charge is -2.35. The number of pyridine rings is 1. The van der Waals surface area contributed by atoms with Crippen LogP contribution >= 0.6 is 0 Å². The number of hydrogen-bond acceptors (Lipinski definition) is 4. The third-order valence-electron chi connectivity index (χ3n) is 3.96. The Labute approximate surface area is 149 Å². The lowest BCUT2D eigenvalue weighted by Crippen LogP contribution is -2.46. The molecular formula is C18H28N4O3. The Morgan fingerprint density at radius 1 is 1.44 bits per heavy atom. The predicted octanol–water partition coefficient (Wildman–Crippen LogP) is 3.19. The van der Waals surface area contributed by atoms with Gasteiger partial charge in [0.25, 0.3) is 0 Å². The molecule has 1 atom stereocenters. The molecule has 7 nitrogen and oxygen atoms in total. The molecule has 1 unspecified atom stereocenters. The van der Waals surface area contributed by atoms with E-state index < -0.39 is 5.60 Å². The molecule has 0 aromatic carbocycles. The van der Waals surface area contributed by atoms with Gasteiger partial charge in [0.15, 0.2) is 0 Å². The summed E-state index contributed by atoms with van der Waals surface area (Å²) in [7, 11) is 1.74. The van der Waals surface area contributed by atoms with Gasteiger partial charge in [-0.05, 0) is 51.7 Å². The summed E-state index contributed by atoms with van der Waals surface area (Å²) in [5, 5.41) is 2.86. The quantitative estimate of drug-likeness (QED) is 0.910. The summed E-state index contributed by atoms with van der Waals surface area (Å²) in [5.74, 6) is 0.242. The van der Waals surface area contributed by atoms with Crippen molar-refractivity contribution >= 4 is 17.8 Å². The summed E-state index contributed by atoms with van der Waals surface area (Å²) >= 11 is 0. The van der Waals surface area contributed by atoms with E-state index in [0.29, 0.717) is 18.8 Å². The molecule has 25 heavy (non-hydrogen) atoms. The van der Waals surface area contributed by atoms with Gasteiger partial charge in [0.1, 0.15) is 5.60 Å². The summed E-state index contributed by atoms with van der Waals surface area (Å²) in [6, 6.07) is 3.46. The molecule has 0 radical (unpaired) electrons. The van der Waals surface area contributed by atoms with Crippen LogP contribution in [0, 0.1) is 5.92 Å². The third kappa shape index (κ3) is 6.25. The van der Waals surface area contributed by atoms with E-state index in [-0.39, 0.29) is 18.0 Å². The minimum Gasteiger partial charge on any atom is -0.444 e. The Bertz CT molecular complexity index is 586. The normalized spacial score (nSPS) is 17.8. The number of aromatic nitrogens is 1. The first-order valence-electron chi connectivity index (χ1n) is 8.64. The fourth-order valence-electron chi connectivity index (χ4n) is 2.84. The predicted molar refractivity (Wildman–Crippen MR) is 96.4 cm³/mol. The number of piperidine rings is 1.